The van der Waals surface area contributed by atoms with Gasteiger partial charge in [0.05, 0.1) is 5.75 Å². The molecule has 1 fully saturated rings. The summed E-state index contributed by atoms with van der Waals surface area (Å²) in [5, 5.41) is 0. The van der Waals surface area contributed by atoms with Gasteiger partial charge in [0.2, 0.25) is 5.91 Å². The maximum absolute atomic E-state index is 12.9. The second kappa shape index (κ2) is 9.04. The van der Waals surface area contributed by atoms with Gasteiger partial charge in [-0.05, 0) is 48.4 Å². The molecule has 1 heterocycles. The normalized spacial score (nSPS) is 15.3. The van der Waals surface area contributed by atoms with E-state index in [1.165, 1.54) is 17.7 Å². The summed E-state index contributed by atoms with van der Waals surface area (Å²) in [5.41, 5.74) is 2.45. The van der Waals surface area contributed by atoms with Gasteiger partial charge in [0, 0.05) is 18.8 Å². The van der Waals surface area contributed by atoms with Crippen LogP contribution in [-0.4, -0.2) is 29.6 Å². The number of piperidine rings is 1. The van der Waals surface area contributed by atoms with Crippen LogP contribution < -0.4 is 0 Å². The summed E-state index contributed by atoms with van der Waals surface area (Å²) in [4.78, 5) is 14.4. The standard InChI is InChI=1S/C21H24FNOS/c22-20-8-6-19(7-9-20)15-25-16-21(24)23-12-10-18(11-13-23)14-17-4-2-1-3-5-17/h1-9,18H,10-16H2. The Kier molecular flexibility index (Phi) is 6.51. The van der Waals surface area contributed by atoms with E-state index in [4.69, 9.17) is 0 Å². The quantitative estimate of drug-likeness (QED) is 0.756. The summed E-state index contributed by atoms with van der Waals surface area (Å²) in [6.45, 7) is 1.74. The summed E-state index contributed by atoms with van der Waals surface area (Å²) in [6.07, 6.45) is 3.29. The minimum Gasteiger partial charge on any atom is -0.342 e. The van der Waals surface area contributed by atoms with Crippen LogP contribution in [0.4, 0.5) is 4.39 Å². The molecule has 1 aliphatic rings. The lowest BCUT2D eigenvalue weighted by Gasteiger charge is -2.32. The van der Waals surface area contributed by atoms with E-state index in [1.54, 1.807) is 23.9 Å². The minimum atomic E-state index is -0.219. The minimum absolute atomic E-state index is 0.219. The molecule has 2 aromatic rings. The van der Waals surface area contributed by atoms with Crippen molar-refractivity contribution in [2.45, 2.75) is 25.0 Å². The molecule has 3 rings (SSSR count). The highest BCUT2D eigenvalue weighted by Crippen LogP contribution is 2.22. The second-order valence-corrected chi connectivity index (χ2v) is 7.62. The number of nitrogens with zero attached hydrogens (tertiary/aromatic N) is 1. The third-order valence-electron chi connectivity index (χ3n) is 4.74. The Morgan fingerprint density at radius 1 is 1.00 bits per heavy atom. The first kappa shape index (κ1) is 18.0. The van der Waals surface area contributed by atoms with Gasteiger partial charge in [-0.1, -0.05) is 42.5 Å². The fourth-order valence-corrected chi connectivity index (χ4v) is 4.15. The first-order valence-corrected chi connectivity index (χ1v) is 10.00. The summed E-state index contributed by atoms with van der Waals surface area (Å²) >= 11 is 1.60. The number of carbonyl (C=O) groups is 1. The zero-order chi connectivity index (χ0) is 17.5. The Morgan fingerprint density at radius 2 is 1.68 bits per heavy atom. The van der Waals surface area contributed by atoms with E-state index in [0.717, 1.165) is 43.7 Å². The predicted molar refractivity (Wildman–Crippen MR) is 102 cm³/mol. The number of rotatable bonds is 6. The number of thioether (sulfide) groups is 1. The lowest BCUT2D eigenvalue weighted by atomic mass is 9.90. The first-order valence-electron chi connectivity index (χ1n) is 8.84. The van der Waals surface area contributed by atoms with Gasteiger partial charge in [-0.3, -0.25) is 4.79 Å². The lowest BCUT2D eigenvalue weighted by molar-refractivity contribution is -0.129. The molecule has 2 nitrogen and oxygen atoms in total. The van der Waals surface area contributed by atoms with E-state index in [1.807, 2.05) is 11.0 Å². The van der Waals surface area contributed by atoms with E-state index in [2.05, 4.69) is 24.3 Å². The highest BCUT2D eigenvalue weighted by molar-refractivity contribution is 7.99. The molecule has 1 aliphatic heterocycles. The molecule has 0 saturated carbocycles. The van der Waals surface area contributed by atoms with Crippen molar-refractivity contribution in [2.75, 3.05) is 18.8 Å². The van der Waals surface area contributed by atoms with Crippen molar-refractivity contribution in [1.29, 1.82) is 0 Å². The van der Waals surface area contributed by atoms with E-state index in [0.29, 0.717) is 11.7 Å². The van der Waals surface area contributed by atoms with E-state index < -0.39 is 0 Å². The van der Waals surface area contributed by atoms with Gasteiger partial charge in [0.1, 0.15) is 5.82 Å². The SMILES string of the molecule is O=C(CSCc1ccc(F)cc1)N1CCC(Cc2ccccc2)CC1. The molecular formula is C21H24FNOS. The second-order valence-electron chi connectivity index (χ2n) is 6.63. The highest BCUT2D eigenvalue weighted by Gasteiger charge is 2.22. The van der Waals surface area contributed by atoms with Gasteiger partial charge in [-0.25, -0.2) is 4.39 Å². The van der Waals surface area contributed by atoms with E-state index in [-0.39, 0.29) is 11.7 Å². The topological polar surface area (TPSA) is 20.3 Å². The van der Waals surface area contributed by atoms with Crippen molar-refractivity contribution in [3.8, 4) is 0 Å². The molecule has 0 atom stereocenters. The Labute approximate surface area is 153 Å². The largest absolute Gasteiger partial charge is 0.342 e. The van der Waals surface area contributed by atoms with Crippen molar-refractivity contribution in [2.24, 2.45) is 5.92 Å². The van der Waals surface area contributed by atoms with Crippen LogP contribution in [0.15, 0.2) is 54.6 Å². The summed E-state index contributed by atoms with van der Waals surface area (Å²) < 4.78 is 12.9. The molecule has 0 N–H and O–H groups in total. The third kappa shape index (κ3) is 5.60. The number of benzene rings is 2. The Morgan fingerprint density at radius 3 is 2.36 bits per heavy atom. The number of hydrogen-bond donors (Lipinski definition) is 0. The van der Waals surface area contributed by atoms with Gasteiger partial charge in [0.15, 0.2) is 0 Å². The molecule has 0 aliphatic carbocycles. The van der Waals surface area contributed by atoms with Gasteiger partial charge in [-0.2, -0.15) is 0 Å². The molecule has 0 radical (unpaired) electrons. The number of amides is 1. The van der Waals surface area contributed by atoms with Crippen molar-refractivity contribution in [1.82, 2.24) is 4.90 Å². The Bertz CT molecular complexity index is 666. The Hall–Kier alpha value is -1.81. The molecule has 1 amide bonds. The van der Waals surface area contributed by atoms with Crippen molar-refractivity contribution in [3.63, 3.8) is 0 Å². The molecule has 132 valence electrons. The number of halogens is 1. The van der Waals surface area contributed by atoms with Gasteiger partial charge in [0.25, 0.3) is 0 Å². The molecule has 0 spiro atoms. The van der Waals surface area contributed by atoms with Crippen molar-refractivity contribution >= 4 is 17.7 Å². The fourth-order valence-electron chi connectivity index (χ4n) is 3.26. The molecule has 0 bridgehead atoms. The molecule has 4 heteroatoms. The molecule has 25 heavy (non-hydrogen) atoms. The average molecular weight is 357 g/mol. The van der Waals surface area contributed by atoms with Crippen molar-refractivity contribution < 1.29 is 9.18 Å². The van der Waals surface area contributed by atoms with Crippen LogP contribution in [-0.2, 0) is 17.0 Å². The smallest absolute Gasteiger partial charge is 0.232 e. The van der Waals surface area contributed by atoms with Gasteiger partial charge in [-0.15, -0.1) is 11.8 Å². The molecule has 0 unspecified atom stereocenters. The van der Waals surface area contributed by atoms with Crippen LogP contribution in [0.25, 0.3) is 0 Å². The summed E-state index contributed by atoms with van der Waals surface area (Å²) in [7, 11) is 0. The van der Waals surface area contributed by atoms with Crippen LogP contribution in [0.3, 0.4) is 0 Å². The lowest BCUT2D eigenvalue weighted by Crippen LogP contribution is -2.39. The maximum Gasteiger partial charge on any atom is 0.232 e. The first-order chi connectivity index (χ1) is 12.2. The maximum atomic E-state index is 12.9. The molecule has 0 aromatic heterocycles. The van der Waals surface area contributed by atoms with E-state index in [9.17, 15) is 9.18 Å². The monoisotopic (exact) mass is 357 g/mol. The fraction of sp³-hybridized carbons (Fsp3) is 0.381. The summed E-state index contributed by atoms with van der Waals surface area (Å²) in [5.74, 6) is 1.93. The van der Waals surface area contributed by atoms with Crippen LogP contribution >= 0.6 is 11.8 Å². The summed E-state index contributed by atoms with van der Waals surface area (Å²) in [6, 6.07) is 17.1. The molecule has 1 saturated heterocycles. The zero-order valence-electron chi connectivity index (χ0n) is 14.4. The van der Waals surface area contributed by atoms with Crippen LogP contribution in [0.5, 0.6) is 0 Å². The van der Waals surface area contributed by atoms with Crippen LogP contribution in [0.2, 0.25) is 0 Å². The van der Waals surface area contributed by atoms with Crippen molar-refractivity contribution in [3.05, 3.63) is 71.5 Å². The molecular weight excluding hydrogens is 333 g/mol. The predicted octanol–water partition coefficient (Wildman–Crippen LogP) is 4.54. The Balaban J connectivity index is 1.37. The van der Waals surface area contributed by atoms with E-state index >= 15 is 0 Å². The van der Waals surface area contributed by atoms with Gasteiger partial charge < -0.3 is 4.90 Å². The number of carbonyl (C=O) groups excluding carboxylic acids is 1. The zero-order valence-corrected chi connectivity index (χ0v) is 15.2. The molecule has 2 aromatic carbocycles. The highest BCUT2D eigenvalue weighted by atomic mass is 32.2. The number of likely N-dealkylation sites (tertiary alicyclic amines) is 1. The average Bonchev–Trinajstić information content (AvgIpc) is 2.65. The van der Waals surface area contributed by atoms with Crippen LogP contribution in [0.1, 0.15) is 24.0 Å². The van der Waals surface area contributed by atoms with Crippen LogP contribution in [0, 0.1) is 11.7 Å². The number of hydrogen-bond acceptors (Lipinski definition) is 2. The third-order valence-corrected chi connectivity index (χ3v) is 5.73. The van der Waals surface area contributed by atoms with Gasteiger partial charge >= 0.3 is 0 Å².